The van der Waals surface area contributed by atoms with Gasteiger partial charge < -0.3 is 19.7 Å². The van der Waals surface area contributed by atoms with E-state index in [1.165, 1.54) is 0 Å². The minimum atomic E-state index is -1.62. The highest BCUT2D eigenvalue weighted by Gasteiger charge is 2.28. The number of aliphatic hydroxyl groups is 2. The summed E-state index contributed by atoms with van der Waals surface area (Å²) >= 11 is 0. The number of carbonyl (C=O) groups is 2. The quantitative estimate of drug-likeness (QED) is 0.436. The second-order valence-electron chi connectivity index (χ2n) is 4.31. The van der Waals surface area contributed by atoms with Gasteiger partial charge in [-0.1, -0.05) is 0 Å². The van der Waals surface area contributed by atoms with Crippen LogP contribution in [-0.2, 0) is 14.3 Å². The van der Waals surface area contributed by atoms with Crippen LogP contribution in [0.15, 0.2) is 18.2 Å². The van der Waals surface area contributed by atoms with Crippen molar-refractivity contribution in [3.05, 3.63) is 39.4 Å². The molecule has 0 radical (unpaired) electrons. The van der Waals surface area contributed by atoms with Gasteiger partial charge >= 0.3 is 11.9 Å². The van der Waals surface area contributed by atoms with Crippen LogP contribution in [0.3, 0.4) is 0 Å². The number of nitro benzene ring substituents is 1. The summed E-state index contributed by atoms with van der Waals surface area (Å²) < 4.78 is 8.86. The lowest BCUT2D eigenvalue weighted by atomic mass is 9.96. The number of nitro groups is 1. The number of hydrogen-bond acceptors (Lipinski definition) is 8. The summed E-state index contributed by atoms with van der Waals surface area (Å²) in [6.45, 7) is 0. The largest absolute Gasteiger partial charge is 0.469 e. The van der Waals surface area contributed by atoms with Crippen molar-refractivity contribution in [1.29, 1.82) is 0 Å². The molecular formula is C13H15NO8. The van der Waals surface area contributed by atoms with Gasteiger partial charge in [-0.15, -0.1) is 0 Å². The summed E-state index contributed by atoms with van der Waals surface area (Å²) in [4.78, 5) is 32.8. The summed E-state index contributed by atoms with van der Waals surface area (Å²) in [6, 6.07) is 3.11. The van der Waals surface area contributed by atoms with Gasteiger partial charge in [0, 0.05) is 12.1 Å². The number of benzene rings is 1. The molecule has 0 heterocycles. The van der Waals surface area contributed by atoms with Crippen molar-refractivity contribution in [2.75, 3.05) is 14.2 Å². The predicted molar refractivity (Wildman–Crippen MR) is 72.0 cm³/mol. The Balaban J connectivity index is 3.19. The van der Waals surface area contributed by atoms with Crippen LogP contribution in [0.5, 0.6) is 0 Å². The third kappa shape index (κ3) is 3.99. The molecule has 1 rings (SSSR count). The molecule has 2 unspecified atom stereocenters. The van der Waals surface area contributed by atoms with E-state index in [0.29, 0.717) is 0 Å². The third-order valence-corrected chi connectivity index (χ3v) is 2.94. The summed E-state index contributed by atoms with van der Waals surface area (Å²) in [5.41, 5.74) is -0.735. The second-order valence-corrected chi connectivity index (χ2v) is 4.31. The number of non-ortho nitro benzene ring substituents is 1. The van der Waals surface area contributed by atoms with Crippen molar-refractivity contribution in [3.63, 3.8) is 0 Å². The van der Waals surface area contributed by atoms with Crippen LogP contribution in [0, 0.1) is 10.1 Å². The highest BCUT2D eigenvalue weighted by atomic mass is 16.6. The zero-order valence-corrected chi connectivity index (χ0v) is 11.9. The van der Waals surface area contributed by atoms with E-state index >= 15 is 0 Å². The fourth-order valence-electron chi connectivity index (χ4n) is 1.78. The van der Waals surface area contributed by atoms with E-state index < -0.39 is 35.5 Å². The summed E-state index contributed by atoms with van der Waals surface area (Å²) in [5, 5.41) is 30.6. The average molecular weight is 313 g/mol. The highest BCUT2D eigenvalue weighted by molar-refractivity contribution is 5.92. The Morgan fingerprint density at radius 3 is 2.41 bits per heavy atom. The average Bonchev–Trinajstić information content (AvgIpc) is 2.52. The van der Waals surface area contributed by atoms with Crippen LogP contribution in [0.4, 0.5) is 5.69 Å². The second kappa shape index (κ2) is 7.48. The van der Waals surface area contributed by atoms with E-state index in [1.54, 1.807) is 0 Å². The first-order valence-corrected chi connectivity index (χ1v) is 6.11. The number of hydrogen-bond donors (Lipinski definition) is 2. The predicted octanol–water partition coefficient (Wildman–Crippen LogP) is 0.339. The molecule has 9 heteroatoms. The number of rotatable bonds is 6. The van der Waals surface area contributed by atoms with Crippen LogP contribution in [-0.4, -0.2) is 47.4 Å². The lowest BCUT2D eigenvalue weighted by Crippen LogP contribution is -2.24. The molecular weight excluding hydrogens is 298 g/mol. The van der Waals surface area contributed by atoms with E-state index in [2.05, 4.69) is 9.47 Å². The van der Waals surface area contributed by atoms with Gasteiger partial charge in [0.1, 0.15) is 6.10 Å². The summed E-state index contributed by atoms with van der Waals surface area (Å²) in [6.07, 6.45) is -3.67. The molecule has 9 nitrogen and oxygen atoms in total. The molecule has 0 saturated heterocycles. The molecule has 0 aromatic heterocycles. The zero-order valence-electron chi connectivity index (χ0n) is 11.9. The lowest BCUT2D eigenvalue weighted by molar-refractivity contribution is -0.384. The van der Waals surface area contributed by atoms with E-state index in [1.807, 2.05) is 0 Å². The molecule has 1 aromatic carbocycles. The smallest absolute Gasteiger partial charge is 0.338 e. The molecule has 2 N–H and O–H groups in total. The molecule has 0 bridgehead atoms. The first kappa shape index (κ1) is 17.5. The van der Waals surface area contributed by atoms with Gasteiger partial charge in [-0.2, -0.15) is 0 Å². The molecule has 0 spiro atoms. The van der Waals surface area contributed by atoms with Gasteiger partial charge in [-0.25, -0.2) is 4.79 Å². The fourth-order valence-corrected chi connectivity index (χ4v) is 1.78. The Morgan fingerprint density at radius 1 is 1.27 bits per heavy atom. The Kier molecular flexibility index (Phi) is 5.96. The van der Waals surface area contributed by atoms with E-state index in [-0.39, 0.29) is 16.8 Å². The van der Waals surface area contributed by atoms with Gasteiger partial charge in [0.2, 0.25) is 0 Å². The third-order valence-electron chi connectivity index (χ3n) is 2.94. The normalized spacial score (nSPS) is 13.1. The van der Waals surface area contributed by atoms with Crippen molar-refractivity contribution in [3.8, 4) is 0 Å². The maximum atomic E-state index is 11.7. The van der Waals surface area contributed by atoms with Crippen molar-refractivity contribution < 1.29 is 34.2 Å². The van der Waals surface area contributed by atoms with Crippen molar-refractivity contribution in [2.24, 2.45) is 0 Å². The Hall–Kier alpha value is -2.52. The summed E-state index contributed by atoms with van der Waals surface area (Å²) in [7, 11) is 2.19. The lowest BCUT2D eigenvalue weighted by Gasteiger charge is -2.19. The number of carbonyl (C=O) groups excluding carboxylic acids is 2. The molecule has 2 atom stereocenters. The summed E-state index contributed by atoms with van der Waals surface area (Å²) in [5.74, 6) is -1.67. The van der Waals surface area contributed by atoms with Gasteiger partial charge in [0.05, 0.1) is 37.2 Å². The maximum absolute atomic E-state index is 11.7. The number of methoxy groups -OCH3 is 2. The van der Waals surface area contributed by atoms with Crippen molar-refractivity contribution >= 4 is 17.6 Å². The monoisotopic (exact) mass is 313 g/mol. The van der Waals surface area contributed by atoms with Crippen molar-refractivity contribution in [1.82, 2.24) is 0 Å². The Labute approximate surface area is 125 Å². The fraction of sp³-hybridized carbons (Fsp3) is 0.385. The van der Waals surface area contributed by atoms with Gasteiger partial charge in [0.25, 0.3) is 5.69 Å². The van der Waals surface area contributed by atoms with E-state index in [0.717, 1.165) is 32.4 Å². The molecule has 0 fully saturated rings. The van der Waals surface area contributed by atoms with Gasteiger partial charge in [-0.05, 0) is 11.6 Å². The van der Waals surface area contributed by atoms with Crippen LogP contribution in [0.2, 0.25) is 0 Å². The zero-order chi connectivity index (χ0) is 16.9. The molecule has 22 heavy (non-hydrogen) atoms. The van der Waals surface area contributed by atoms with Crippen molar-refractivity contribution in [2.45, 2.75) is 18.6 Å². The van der Waals surface area contributed by atoms with Crippen LogP contribution < -0.4 is 0 Å². The molecule has 0 saturated carbocycles. The number of ether oxygens (including phenoxy) is 2. The van der Waals surface area contributed by atoms with E-state index in [4.69, 9.17) is 0 Å². The van der Waals surface area contributed by atoms with Gasteiger partial charge in [0.15, 0.2) is 0 Å². The molecule has 0 aliphatic heterocycles. The van der Waals surface area contributed by atoms with Crippen LogP contribution >= 0.6 is 0 Å². The SMILES string of the molecule is COC(=O)CC(O)C(O)c1ccc([N+](=O)[O-])cc1C(=O)OC. The number of aliphatic hydroxyl groups excluding tert-OH is 2. The van der Waals surface area contributed by atoms with Crippen LogP contribution in [0.1, 0.15) is 28.4 Å². The standard InChI is InChI=1S/C13H15NO8/c1-21-11(16)6-10(15)12(17)8-4-3-7(14(19)20)5-9(8)13(18)22-2/h3-5,10,12,15,17H,6H2,1-2H3. The first-order valence-electron chi connectivity index (χ1n) is 6.11. The van der Waals surface area contributed by atoms with Gasteiger partial charge in [-0.3, -0.25) is 14.9 Å². The molecule has 120 valence electrons. The minimum absolute atomic E-state index is 0.0890. The highest BCUT2D eigenvalue weighted by Crippen LogP contribution is 2.27. The molecule has 0 aliphatic rings. The first-order chi connectivity index (χ1) is 10.3. The maximum Gasteiger partial charge on any atom is 0.338 e. The minimum Gasteiger partial charge on any atom is -0.469 e. The molecule has 0 amide bonds. The van der Waals surface area contributed by atoms with E-state index in [9.17, 15) is 29.9 Å². The molecule has 0 aliphatic carbocycles. The Bertz CT molecular complexity index is 585. The topological polar surface area (TPSA) is 136 Å². The molecule has 1 aromatic rings. The Morgan fingerprint density at radius 2 is 1.91 bits per heavy atom. The van der Waals surface area contributed by atoms with Crippen LogP contribution in [0.25, 0.3) is 0 Å². The number of esters is 2. The number of nitrogens with zero attached hydrogens (tertiary/aromatic N) is 1.